The molecule has 28 heavy (non-hydrogen) atoms. The Balaban J connectivity index is 0.00000280. The van der Waals surface area contributed by atoms with Crippen molar-refractivity contribution in [3.63, 3.8) is 0 Å². The first-order valence-electron chi connectivity index (χ1n) is 9.14. The summed E-state index contributed by atoms with van der Waals surface area (Å²) in [6.07, 6.45) is 0.896. The first-order chi connectivity index (χ1) is 13.1. The molecule has 2 aromatic rings. The van der Waals surface area contributed by atoms with Gasteiger partial charge < -0.3 is 20.7 Å². The molecule has 3 rings (SSSR count). The van der Waals surface area contributed by atoms with E-state index in [2.05, 4.69) is 22.9 Å². The van der Waals surface area contributed by atoms with Crippen LogP contribution in [0.25, 0.3) is 0 Å². The fraction of sp³-hybridized carbons (Fsp3) is 0.333. The van der Waals surface area contributed by atoms with Crippen LogP contribution in [0.3, 0.4) is 0 Å². The molecule has 1 saturated heterocycles. The number of para-hydroxylation sites is 1. The molecule has 2 aromatic carbocycles. The molecule has 2 unspecified atom stereocenters. The van der Waals surface area contributed by atoms with Gasteiger partial charge in [0.15, 0.2) is 0 Å². The third-order valence-corrected chi connectivity index (χ3v) is 4.87. The topological polar surface area (TPSA) is 79.5 Å². The lowest BCUT2D eigenvalue weighted by atomic mass is 9.95. The molecule has 1 aliphatic heterocycles. The highest BCUT2D eigenvalue weighted by Crippen LogP contribution is 2.19. The summed E-state index contributed by atoms with van der Waals surface area (Å²) in [6, 6.07) is 14.0. The van der Waals surface area contributed by atoms with E-state index in [-0.39, 0.29) is 30.3 Å². The van der Waals surface area contributed by atoms with Crippen LogP contribution in [-0.2, 0) is 0 Å². The van der Waals surface area contributed by atoms with E-state index in [9.17, 15) is 9.59 Å². The van der Waals surface area contributed by atoms with Gasteiger partial charge in [0.05, 0.1) is 18.4 Å². The molecule has 0 saturated carbocycles. The van der Waals surface area contributed by atoms with Gasteiger partial charge in [0, 0.05) is 11.6 Å². The molecule has 0 bridgehead atoms. The van der Waals surface area contributed by atoms with Gasteiger partial charge >= 0.3 is 0 Å². The van der Waals surface area contributed by atoms with E-state index in [0.717, 1.165) is 19.5 Å². The highest BCUT2D eigenvalue weighted by Gasteiger charge is 2.24. The van der Waals surface area contributed by atoms with E-state index in [1.54, 1.807) is 55.6 Å². The maximum atomic E-state index is 12.8. The Bertz CT molecular complexity index is 811. The Morgan fingerprint density at radius 1 is 1.07 bits per heavy atom. The molecule has 1 heterocycles. The Morgan fingerprint density at radius 3 is 2.46 bits per heavy atom. The quantitative estimate of drug-likeness (QED) is 0.716. The van der Waals surface area contributed by atoms with Crippen molar-refractivity contribution in [1.29, 1.82) is 0 Å². The van der Waals surface area contributed by atoms with Gasteiger partial charge in [-0.1, -0.05) is 19.1 Å². The minimum Gasteiger partial charge on any atom is -0.497 e. The first-order valence-corrected chi connectivity index (χ1v) is 9.14. The summed E-state index contributed by atoms with van der Waals surface area (Å²) in [5.74, 6) is 0.610. The number of benzene rings is 2. The second-order valence-corrected chi connectivity index (χ2v) is 6.78. The molecule has 0 spiro atoms. The van der Waals surface area contributed by atoms with Crippen molar-refractivity contribution in [1.82, 2.24) is 10.6 Å². The number of piperidine rings is 1. The van der Waals surface area contributed by atoms with Crippen LogP contribution in [0.5, 0.6) is 5.75 Å². The van der Waals surface area contributed by atoms with Crippen molar-refractivity contribution < 1.29 is 14.3 Å². The number of hydrogen-bond donors (Lipinski definition) is 3. The fourth-order valence-corrected chi connectivity index (χ4v) is 3.20. The molecular weight excluding hydrogens is 378 g/mol. The summed E-state index contributed by atoms with van der Waals surface area (Å²) in [5, 5.41) is 9.27. The standard InChI is InChI=1S/C21H25N3O3.ClH/c1-14-13-22-12-11-18(14)23-21(26)17-5-3-4-6-19(17)24-20(25)15-7-9-16(27-2)10-8-15;/h3-10,14,18,22H,11-13H2,1-2H3,(H,23,26)(H,24,25);1H. The molecule has 150 valence electrons. The molecule has 0 aromatic heterocycles. The molecule has 0 aliphatic carbocycles. The number of anilines is 1. The minimum absolute atomic E-state index is 0. The van der Waals surface area contributed by atoms with Gasteiger partial charge in [-0.25, -0.2) is 0 Å². The van der Waals surface area contributed by atoms with Crippen LogP contribution in [0, 0.1) is 5.92 Å². The van der Waals surface area contributed by atoms with Crippen LogP contribution >= 0.6 is 12.4 Å². The third kappa shape index (κ3) is 5.24. The molecule has 2 amide bonds. The summed E-state index contributed by atoms with van der Waals surface area (Å²) in [7, 11) is 1.58. The van der Waals surface area contributed by atoms with Gasteiger partial charge in [0.2, 0.25) is 0 Å². The van der Waals surface area contributed by atoms with Crippen molar-refractivity contribution in [2.45, 2.75) is 19.4 Å². The van der Waals surface area contributed by atoms with Crippen molar-refractivity contribution in [2.24, 2.45) is 5.92 Å². The Kier molecular flexibility index (Phi) is 7.84. The molecule has 2 atom stereocenters. The second kappa shape index (κ2) is 10.1. The normalized spacial score (nSPS) is 18.5. The van der Waals surface area contributed by atoms with Gasteiger partial charge in [-0.2, -0.15) is 0 Å². The zero-order valence-corrected chi connectivity index (χ0v) is 16.8. The van der Waals surface area contributed by atoms with Crippen molar-refractivity contribution in [2.75, 3.05) is 25.5 Å². The highest BCUT2D eigenvalue weighted by molar-refractivity contribution is 6.09. The summed E-state index contributed by atoms with van der Waals surface area (Å²) < 4.78 is 5.11. The average molecular weight is 404 g/mol. The molecule has 7 heteroatoms. The van der Waals surface area contributed by atoms with Gasteiger partial charge in [0.25, 0.3) is 11.8 Å². The third-order valence-electron chi connectivity index (χ3n) is 4.87. The van der Waals surface area contributed by atoms with Gasteiger partial charge in [-0.3, -0.25) is 9.59 Å². The predicted octanol–water partition coefficient (Wildman–Crippen LogP) is 3.10. The SMILES string of the molecule is COc1ccc(C(=O)Nc2ccccc2C(=O)NC2CCNCC2C)cc1.Cl. The number of hydrogen-bond acceptors (Lipinski definition) is 4. The number of carbonyl (C=O) groups excluding carboxylic acids is 2. The zero-order valence-electron chi connectivity index (χ0n) is 16.0. The van der Waals surface area contributed by atoms with Crippen LogP contribution in [0.1, 0.15) is 34.1 Å². The second-order valence-electron chi connectivity index (χ2n) is 6.78. The number of carbonyl (C=O) groups is 2. The summed E-state index contributed by atoms with van der Waals surface area (Å²) in [4.78, 5) is 25.3. The number of ether oxygens (including phenoxy) is 1. The number of rotatable bonds is 5. The molecule has 1 aliphatic rings. The molecule has 3 N–H and O–H groups in total. The summed E-state index contributed by atoms with van der Waals surface area (Å²) >= 11 is 0. The lowest BCUT2D eigenvalue weighted by Gasteiger charge is -2.30. The van der Waals surface area contributed by atoms with E-state index in [1.807, 2.05) is 0 Å². The Morgan fingerprint density at radius 2 is 1.79 bits per heavy atom. The Labute approximate surface area is 171 Å². The van der Waals surface area contributed by atoms with Crippen LogP contribution in [0.15, 0.2) is 48.5 Å². The van der Waals surface area contributed by atoms with Crippen LogP contribution in [-0.4, -0.2) is 38.1 Å². The van der Waals surface area contributed by atoms with E-state index in [4.69, 9.17) is 4.74 Å². The smallest absolute Gasteiger partial charge is 0.255 e. The largest absolute Gasteiger partial charge is 0.497 e. The average Bonchev–Trinajstić information content (AvgIpc) is 2.70. The molecule has 6 nitrogen and oxygen atoms in total. The van der Waals surface area contributed by atoms with E-state index in [0.29, 0.717) is 28.5 Å². The number of halogens is 1. The first kappa shape index (κ1) is 21.7. The molecule has 0 radical (unpaired) electrons. The van der Waals surface area contributed by atoms with Crippen LogP contribution in [0.4, 0.5) is 5.69 Å². The summed E-state index contributed by atoms with van der Waals surface area (Å²) in [6.45, 7) is 3.90. The molecular formula is C21H26ClN3O3. The van der Waals surface area contributed by atoms with Gasteiger partial charge in [-0.15, -0.1) is 12.4 Å². The number of nitrogens with one attached hydrogen (secondary N) is 3. The molecule has 1 fully saturated rings. The maximum absolute atomic E-state index is 12.8. The lowest BCUT2D eigenvalue weighted by molar-refractivity contribution is 0.0915. The van der Waals surface area contributed by atoms with Crippen LogP contribution < -0.4 is 20.7 Å². The van der Waals surface area contributed by atoms with Crippen LogP contribution in [0.2, 0.25) is 0 Å². The van der Waals surface area contributed by atoms with E-state index in [1.165, 1.54) is 0 Å². The highest BCUT2D eigenvalue weighted by atomic mass is 35.5. The van der Waals surface area contributed by atoms with Gasteiger partial charge in [0.1, 0.15) is 5.75 Å². The van der Waals surface area contributed by atoms with Gasteiger partial charge in [-0.05, 0) is 61.8 Å². The van der Waals surface area contributed by atoms with E-state index < -0.39 is 0 Å². The van der Waals surface area contributed by atoms with E-state index >= 15 is 0 Å². The predicted molar refractivity (Wildman–Crippen MR) is 113 cm³/mol. The number of amides is 2. The minimum atomic E-state index is -0.270. The van der Waals surface area contributed by atoms with Crippen molar-refractivity contribution in [3.8, 4) is 5.75 Å². The maximum Gasteiger partial charge on any atom is 0.255 e. The summed E-state index contributed by atoms with van der Waals surface area (Å²) in [5.41, 5.74) is 1.46. The van der Waals surface area contributed by atoms with Crippen molar-refractivity contribution >= 4 is 29.9 Å². The van der Waals surface area contributed by atoms with Crippen molar-refractivity contribution in [3.05, 3.63) is 59.7 Å². The number of methoxy groups -OCH3 is 1. The fourth-order valence-electron chi connectivity index (χ4n) is 3.20. The Hall–Kier alpha value is -2.57. The monoisotopic (exact) mass is 403 g/mol. The zero-order chi connectivity index (χ0) is 19.2. The lowest BCUT2D eigenvalue weighted by Crippen LogP contribution is -2.48.